The van der Waals surface area contributed by atoms with Gasteiger partial charge in [0, 0.05) is 16.6 Å². The van der Waals surface area contributed by atoms with Crippen LogP contribution >= 0.6 is 11.8 Å². The number of anilines is 1. The number of para-hydroxylation sites is 1. The monoisotopic (exact) mass is 269 g/mol. The third kappa shape index (κ3) is 2.66. The molecule has 3 heteroatoms. The quantitative estimate of drug-likeness (QED) is 0.841. The summed E-state index contributed by atoms with van der Waals surface area (Å²) < 4.78 is 0. The van der Waals surface area contributed by atoms with E-state index in [9.17, 15) is 4.79 Å². The maximum absolute atomic E-state index is 12.0. The van der Waals surface area contributed by atoms with Crippen molar-refractivity contribution in [2.45, 2.75) is 23.5 Å². The van der Waals surface area contributed by atoms with Gasteiger partial charge in [0.2, 0.25) is 5.91 Å². The molecule has 0 bridgehead atoms. The van der Waals surface area contributed by atoms with Gasteiger partial charge in [-0.05, 0) is 24.6 Å². The lowest BCUT2D eigenvalue weighted by Crippen LogP contribution is -2.11. The second-order valence-electron chi connectivity index (χ2n) is 4.77. The van der Waals surface area contributed by atoms with Gasteiger partial charge in [0.05, 0.1) is 5.69 Å². The molecule has 19 heavy (non-hydrogen) atoms. The molecule has 1 amide bonds. The highest BCUT2D eigenvalue weighted by Crippen LogP contribution is 2.43. The van der Waals surface area contributed by atoms with Crippen molar-refractivity contribution in [2.24, 2.45) is 0 Å². The molecule has 0 saturated heterocycles. The molecule has 2 aromatic carbocycles. The summed E-state index contributed by atoms with van der Waals surface area (Å²) in [5.74, 6) is 0.0870. The third-order valence-electron chi connectivity index (χ3n) is 3.22. The average Bonchev–Trinajstić information content (AvgIpc) is 2.56. The van der Waals surface area contributed by atoms with E-state index in [4.69, 9.17) is 0 Å². The highest BCUT2D eigenvalue weighted by atomic mass is 32.2. The number of amides is 1. The van der Waals surface area contributed by atoms with E-state index in [-0.39, 0.29) is 11.2 Å². The van der Waals surface area contributed by atoms with Gasteiger partial charge in [0.25, 0.3) is 0 Å². The summed E-state index contributed by atoms with van der Waals surface area (Å²) in [5.41, 5.74) is 3.38. The number of fused-ring (bicyclic) bond motifs is 1. The molecule has 1 aliphatic rings. The number of hydrogen-bond acceptors (Lipinski definition) is 2. The third-order valence-corrected chi connectivity index (χ3v) is 4.55. The first kappa shape index (κ1) is 12.3. The van der Waals surface area contributed by atoms with Crippen LogP contribution in [0, 0.1) is 6.92 Å². The van der Waals surface area contributed by atoms with Gasteiger partial charge >= 0.3 is 0 Å². The van der Waals surface area contributed by atoms with Crippen LogP contribution in [0.4, 0.5) is 5.69 Å². The van der Waals surface area contributed by atoms with Crippen LogP contribution < -0.4 is 5.32 Å². The van der Waals surface area contributed by atoms with Gasteiger partial charge in [0.15, 0.2) is 0 Å². The van der Waals surface area contributed by atoms with Crippen LogP contribution in [-0.4, -0.2) is 5.91 Å². The van der Waals surface area contributed by atoms with Gasteiger partial charge in [0.1, 0.15) is 0 Å². The van der Waals surface area contributed by atoms with E-state index in [0.29, 0.717) is 6.42 Å². The van der Waals surface area contributed by atoms with Crippen molar-refractivity contribution in [1.29, 1.82) is 0 Å². The molecule has 1 N–H and O–H groups in total. The Morgan fingerprint density at radius 2 is 2.00 bits per heavy atom. The molecule has 96 valence electrons. The molecule has 0 spiro atoms. The normalized spacial score (nSPS) is 18.4. The Kier molecular flexibility index (Phi) is 3.30. The van der Waals surface area contributed by atoms with E-state index in [0.717, 1.165) is 10.6 Å². The van der Waals surface area contributed by atoms with Crippen molar-refractivity contribution in [3.63, 3.8) is 0 Å². The lowest BCUT2D eigenvalue weighted by molar-refractivity contribution is -0.116. The van der Waals surface area contributed by atoms with Crippen molar-refractivity contribution < 1.29 is 4.79 Å². The van der Waals surface area contributed by atoms with E-state index in [2.05, 4.69) is 42.6 Å². The average molecular weight is 269 g/mol. The first-order valence-electron chi connectivity index (χ1n) is 6.34. The molecular weight excluding hydrogens is 254 g/mol. The van der Waals surface area contributed by atoms with Gasteiger partial charge in [-0.2, -0.15) is 0 Å². The fourth-order valence-electron chi connectivity index (χ4n) is 2.29. The molecule has 1 atom stereocenters. The minimum absolute atomic E-state index is 0.0870. The van der Waals surface area contributed by atoms with Crippen LogP contribution in [0.1, 0.15) is 22.8 Å². The number of carbonyl (C=O) groups excluding carboxylic acids is 1. The maximum Gasteiger partial charge on any atom is 0.225 e. The van der Waals surface area contributed by atoms with E-state index in [1.807, 2.05) is 18.2 Å². The van der Waals surface area contributed by atoms with Crippen LogP contribution in [0.25, 0.3) is 0 Å². The molecule has 0 aromatic heterocycles. The van der Waals surface area contributed by atoms with Crippen molar-refractivity contribution in [3.8, 4) is 0 Å². The molecule has 1 unspecified atom stereocenters. The minimum Gasteiger partial charge on any atom is -0.325 e. The first-order valence-corrected chi connectivity index (χ1v) is 7.22. The highest BCUT2D eigenvalue weighted by molar-refractivity contribution is 7.99. The van der Waals surface area contributed by atoms with E-state index in [1.165, 1.54) is 11.1 Å². The number of carbonyl (C=O) groups is 1. The van der Waals surface area contributed by atoms with Gasteiger partial charge in [-0.1, -0.05) is 42.0 Å². The molecule has 0 aliphatic carbocycles. The predicted molar refractivity (Wildman–Crippen MR) is 79.5 cm³/mol. The number of hydrogen-bond donors (Lipinski definition) is 1. The number of aryl methyl sites for hydroxylation is 1. The van der Waals surface area contributed by atoms with Gasteiger partial charge < -0.3 is 5.32 Å². The van der Waals surface area contributed by atoms with Crippen LogP contribution in [0.15, 0.2) is 53.4 Å². The van der Waals surface area contributed by atoms with Crippen molar-refractivity contribution in [1.82, 2.24) is 0 Å². The molecular formula is C16H15NOS. The zero-order valence-corrected chi connectivity index (χ0v) is 11.5. The predicted octanol–water partition coefficient (Wildman–Crippen LogP) is 4.17. The molecule has 0 saturated carbocycles. The van der Waals surface area contributed by atoms with Gasteiger partial charge in [-0.3, -0.25) is 4.79 Å². The second-order valence-corrected chi connectivity index (χ2v) is 6.01. The number of thioether (sulfide) groups is 1. The summed E-state index contributed by atoms with van der Waals surface area (Å²) in [6, 6.07) is 16.4. The smallest absolute Gasteiger partial charge is 0.225 e. The standard InChI is InChI=1S/C16H15NOS/c1-11-5-4-6-12(9-11)15-10-16(18)17-13-7-2-3-8-14(13)19-15/h2-9,15H,10H2,1H3,(H,17,18). The molecule has 1 heterocycles. The summed E-state index contributed by atoms with van der Waals surface area (Å²) >= 11 is 1.76. The molecule has 3 rings (SSSR count). The zero-order chi connectivity index (χ0) is 13.2. The topological polar surface area (TPSA) is 29.1 Å². The Morgan fingerprint density at radius 1 is 1.16 bits per heavy atom. The summed E-state index contributed by atoms with van der Waals surface area (Å²) in [6.07, 6.45) is 0.517. The molecule has 1 aliphatic heterocycles. The fourth-order valence-corrected chi connectivity index (χ4v) is 3.52. The van der Waals surface area contributed by atoms with Crippen molar-refractivity contribution >= 4 is 23.4 Å². The van der Waals surface area contributed by atoms with Crippen molar-refractivity contribution in [2.75, 3.05) is 5.32 Å². The van der Waals surface area contributed by atoms with Crippen LogP contribution in [-0.2, 0) is 4.79 Å². The Balaban J connectivity index is 1.98. The van der Waals surface area contributed by atoms with Crippen LogP contribution in [0.2, 0.25) is 0 Å². The fraction of sp³-hybridized carbons (Fsp3) is 0.188. The maximum atomic E-state index is 12.0. The Bertz CT molecular complexity index is 624. The summed E-state index contributed by atoms with van der Waals surface area (Å²) in [5, 5.41) is 3.16. The highest BCUT2D eigenvalue weighted by Gasteiger charge is 2.23. The summed E-state index contributed by atoms with van der Waals surface area (Å²) in [4.78, 5) is 13.1. The lowest BCUT2D eigenvalue weighted by atomic mass is 10.1. The number of benzene rings is 2. The summed E-state index contributed by atoms with van der Waals surface area (Å²) in [7, 11) is 0. The van der Waals surface area contributed by atoms with Crippen LogP contribution in [0.5, 0.6) is 0 Å². The Morgan fingerprint density at radius 3 is 2.84 bits per heavy atom. The zero-order valence-electron chi connectivity index (χ0n) is 10.7. The lowest BCUT2D eigenvalue weighted by Gasteiger charge is -2.14. The Hall–Kier alpha value is -1.74. The SMILES string of the molecule is Cc1cccc(C2CC(=O)Nc3ccccc3S2)c1. The van der Waals surface area contributed by atoms with Crippen LogP contribution in [0.3, 0.4) is 0 Å². The molecule has 2 aromatic rings. The van der Waals surface area contributed by atoms with E-state index >= 15 is 0 Å². The Labute approximate surface area is 117 Å². The summed E-state index contributed by atoms with van der Waals surface area (Å²) in [6.45, 7) is 2.08. The minimum atomic E-state index is 0.0870. The molecule has 0 radical (unpaired) electrons. The number of rotatable bonds is 1. The second kappa shape index (κ2) is 5.10. The first-order chi connectivity index (χ1) is 9.22. The number of nitrogens with one attached hydrogen (secondary N) is 1. The van der Waals surface area contributed by atoms with Gasteiger partial charge in [-0.15, -0.1) is 11.8 Å². The van der Waals surface area contributed by atoms with E-state index < -0.39 is 0 Å². The molecule has 2 nitrogen and oxygen atoms in total. The van der Waals surface area contributed by atoms with Gasteiger partial charge in [-0.25, -0.2) is 0 Å². The largest absolute Gasteiger partial charge is 0.325 e. The molecule has 0 fully saturated rings. The van der Waals surface area contributed by atoms with Crippen molar-refractivity contribution in [3.05, 3.63) is 59.7 Å². The van der Waals surface area contributed by atoms with E-state index in [1.54, 1.807) is 11.8 Å².